The first kappa shape index (κ1) is 13.9. The van der Waals surface area contributed by atoms with Crippen molar-refractivity contribution < 1.29 is 9.21 Å². The molecule has 1 aliphatic heterocycles. The van der Waals surface area contributed by atoms with E-state index >= 15 is 0 Å². The van der Waals surface area contributed by atoms with Crippen molar-refractivity contribution in [2.75, 3.05) is 12.3 Å². The van der Waals surface area contributed by atoms with Crippen molar-refractivity contribution in [3.8, 4) is 0 Å². The molecule has 19 heavy (non-hydrogen) atoms. The van der Waals surface area contributed by atoms with E-state index in [1.807, 2.05) is 6.07 Å². The average molecular weight is 278 g/mol. The van der Waals surface area contributed by atoms with Crippen LogP contribution in [0.3, 0.4) is 0 Å². The zero-order chi connectivity index (χ0) is 13.7. The summed E-state index contributed by atoms with van der Waals surface area (Å²) < 4.78 is 5.23. The molecule has 1 aromatic heterocycles. The summed E-state index contributed by atoms with van der Waals surface area (Å²) in [6.07, 6.45) is 5.27. The van der Waals surface area contributed by atoms with Gasteiger partial charge >= 0.3 is 0 Å². The van der Waals surface area contributed by atoms with Gasteiger partial charge in [0.05, 0.1) is 6.26 Å². The Labute approximate surface area is 117 Å². The van der Waals surface area contributed by atoms with Crippen LogP contribution in [-0.4, -0.2) is 28.3 Å². The molecule has 4 nitrogen and oxygen atoms in total. The Morgan fingerprint density at radius 2 is 2.26 bits per heavy atom. The van der Waals surface area contributed by atoms with Gasteiger partial charge in [-0.25, -0.2) is 4.99 Å². The van der Waals surface area contributed by atoms with Crippen LogP contribution in [0.2, 0.25) is 0 Å². The third kappa shape index (κ3) is 3.29. The lowest BCUT2D eigenvalue weighted by Gasteiger charge is -2.16. The molecule has 0 atom stereocenters. The fourth-order valence-electron chi connectivity index (χ4n) is 1.76. The Morgan fingerprint density at radius 1 is 1.42 bits per heavy atom. The predicted octanol–water partition coefficient (Wildman–Crippen LogP) is 3.37. The van der Waals surface area contributed by atoms with Crippen LogP contribution >= 0.6 is 11.8 Å². The Balaban J connectivity index is 2.21. The van der Waals surface area contributed by atoms with E-state index in [0.29, 0.717) is 18.0 Å². The fourth-order valence-corrected chi connectivity index (χ4v) is 2.64. The van der Waals surface area contributed by atoms with E-state index in [9.17, 15) is 4.79 Å². The number of amides is 1. The molecule has 0 spiro atoms. The maximum absolute atomic E-state index is 12.3. The maximum atomic E-state index is 12.3. The molecule has 2 heterocycles. The first-order valence-corrected chi connectivity index (χ1v) is 7.53. The molecule has 102 valence electrons. The summed E-state index contributed by atoms with van der Waals surface area (Å²) in [6.45, 7) is 4.89. The SMILES string of the molecule is CCCSC1=N/C(=C/c2ccco2)C(=O)N1CCC. The third-order valence-corrected chi connectivity index (χ3v) is 3.80. The Kier molecular flexibility index (Phi) is 4.85. The molecule has 1 aliphatic rings. The summed E-state index contributed by atoms with van der Waals surface area (Å²) in [4.78, 5) is 18.5. The molecule has 0 saturated heterocycles. The summed E-state index contributed by atoms with van der Waals surface area (Å²) >= 11 is 1.64. The number of carbonyl (C=O) groups excluding carboxylic acids is 1. The molecule has 0 fully saturated rings. The molecule has 0 aliphatic carbocycles. The van der Waals surface area contributed by atoms with Gasteiger partial charge in [-0.1, -0.05) is 25.6 Å². The molecular formula is C14H18N2O2S. The van der Waals surface area contributed by atoms with E-state index in [1.54, 1.807) is 35.1 Å². The molecule has 0 unspecified atom stereocenters. The molecule has 0 aromatic carbocycles. The van der Waals surface area contributed by atoms with Crippen molar-refractivity contribution >= 4 is 28.9 Å². The minimum atomic E-state index is -0.0307. The van der Waals surface area contributed by atoms with Crippen molar-refractivity contribution in [1.82, 2.24) is 4.90 Å². The minimum absolute atomic E-state index is 0.0307. The van der Waals surface area contributed by atoms with Crippen LogP contribution in [0.1, 0.15) is 32.4 Å². The van der Waals surface area contributed by atoms with Crippen LogP contribution in [-0.2, 0) is 4.79 Å². The molecule has 0 radical (unpaired) electrons. The van der Waals surface area contributed by atoms with Gasteiger partial charge in [0.1, 0.15) is 11.5 Å². The quantitative estimate of drug-likeness (QED) is 0.776. The highest BCUT2D eigenvalue weighted by Crippen LogP contribution is 2.24. The largest absolute Gasteiger partial charge is 0.465 e. The van der Waals surface area contributed by atoms with Crippen LogP contribution in [0, 0.1) is 0 Å². The first-order chi connectivity index (χ1) is 9.26. The molecule has 0 saturated carbocycles. The molecule has 0 N–H and O–H groups in total. The molecule has 2 rings (SSSR count). The van der Waals surface area contributed by atoms with Gasteiger partial charge in [0.15, 0.2) is 5.17 Å². The fraction of sp³-hybridized carbons (Fsp3) is 0.429. The lowest BCUT2D eigenvalue weighted by molar-refractivity contribution is -0.122. The lowest BCUT2D eigenvalue weighted by Crippen LogP contribution is -2.31. The second kappa shape index (κ2) is 6.61. The number of aliphatic imine (C=N–C) groups is 1. The highest BCUT2D eigenvalue weighted by Gasteiger charge is 2.29. The van der Waals surface area contributed by atoms with Gasteiger partial charge in [0.25, 0.3) is 5.91 Å². The molecule has 1 aromatic rings. The van der Waals surface area contributed by atoms with E-state index in [4.69, 9.17) is 4.42 Å². The highest BCUT2D eigenvalue weighted by molar-refractivity contribution is 8.13. The van der Waals surface area contributed by atoms with Crippen molar-refractivity contribution in [3.05, 3.63) is 29.9 Å². The van der Waals surface area contributed by atoms with E-state index in [0.717, 1.165) is 23.8 Å². The Morgan fingerprint density at radius 3 is 2.89 bits per heavy atom. The summed E-state index contributed by atoms with van der Waals surface area (Å²) in [5.41, 5.74) is 0.460. The summed E-state index contributed by atoms with van der Waals surface area (Å²) in [6, 6.07) is 3.61. The van der Waals surface area contributed by atoms with Crippen LogP contribution in [0.15, 0.2) is 33.5 Å². The van der Waals surface area contributed by atoms with Crippen molar-refractivity contribution in [3.63, 3.8) is 0 Å². The first-order valence-electron chi connectivity index (χ1n) is 6.54. The highest BCUT2D eigenvalue weighted by atomic mass is 32.2. The zero-order valence-electron chi connectivity index (χ0n) is 11.3. The van der Waals surface area contributed by atoms with Crippen molar-refractivity contribution in [1.29, 1.82) is 0 Å². The van der Waals surface area contributed by atoms with Crippen molar-refractivity contribution in [2.24, 2.45) is 4.99 Å². The zero-order valence-corrected chi connectivity index (χ0v) is 12.1. The van der Waals surface area contributed by atoms with Crippen molar-refractivity contribution in [2.45, 2.75) is 26.7 Å². The Hall–Kier alpha value is -1.49. The van der Waals surface area contributed by atoms with Gasteiger partial charge in [-0.2, -0.15) is 0 Å². The Bertz CT molecular complexity index is 492. The van der Waals surface area contributed by atoms with Gasteiger partial charge < -0.3 is 4.42 Å². The lowest BCUT2D eigenvalue weighted by atomic mass is 10.3. The summed E-state index contributed by atoms with van der Waals surface area (Å²) in [5.74, 6) is 1.60. The maximum Gasteiger partial charge on any atom is 0.278 e. The van der Waals surface area contributed by atoms with Crippen LogP contribution in [0.4, 0.5) is 0 Å². The van der Waals surface area contributed by atoms with Gasteiger partial charge in [0, 0.05) is 18.4 Å². The summed E-state index contributed by atoms with van der Waals surface area (Å²) in [5, 5.41) is 0.812. The molecular weight excluding hydrogens is 260 g/mol. The number of rotatable bonds is 5. The summed E-state index contributed by atoms with van der Waals surface area (Å²) in [7, 11) is 0. The van der Waals surface area contributed by atoms with Gasteiger partial charge in [-0.05, 0) is 25.0 Å². The number of hydrogen-bond acceptors (Lipinski definition) is 4. The number of amidine groups is 1. The topological polar surface area (TPSA) is 45.8 Å². The van der Waals surface area contributed by atoms with Crippen LogP contribution in [0.5, 0.6) is 0 Å². The van der Waals surface area contributed by atoms with Crippen LogP contribution < -0.4 is 0 Å². The molecule has 5 heteroatoms. The van der Waals surface area contributed by atoms with E-state index in [1.165, 1.54) is 0 Å². The number of furan rings is 1. The standard InChI is InChI=1S/C14H18N2O2S/c1-3-7-16-13(17)12(10-11-6-5-8-18-11)15-14(16)19-9-4-2/h5-6,8,10H,3-4,7,9H2,1-2H3/b12-10+. The number of carbonyl (C=O) groups is 1. The minimum Gasteiger partial charge on any atom is -0.465 e. The van der Waals surface area contributed by atoms with E-state index < -0.39 is 0 Å². The van der Waals surface area contributed by atoms with E-state index in [-0.39, 0.29) is 5.91 Å². The number of nitrogens with zero attached hydrogens (tertiary/aromatic N) is 2. The number of hydrogen-bond donors (Lipinski definition) is 0. The van der Waals surface area contributed by atoms with Crippen LogP contribution in [0.25, 0.3) is 6.08 Å². The number of thioether (sulfide) groups is 1. The third-order valence-electron chi connectivity index (χ3n) is 2.62. The molecule has 0 bridgehead atoms. The average Bonchev–Trinajstić information content (AvgIpc) is 3.00. The smallest absolute Gasteiger partial charge is 0.278 e. The van der Waals surface area contributed by atoms with Gasteiger partial charge in [-0.3, -0.25) is 9.69 Å². The van der Waals surface area contributed by atoms with Gasteiger partial charge in [-0.15, -0.1) is 0 Å². The monoisotopic (exact) mass is 278 g/mol. The predicted molar refractivity (Wildman–Crippen MR) is 78.9 cm³/mol. The van der Waals surface area contributed by atoms with E-state index in [2.05, 4.69) is 18.8 Å². The molecule has 1 amide bonds. The normalized spacial score (nSPS) is 17.4. The second-order valence-corrected chi connectivity index (χ2v) is 5.31. The second-order valence-electron chi connectivity index (χ2n) is 4.24. The van der Waals surface area contributed by atoms with Gasteiger partial charge in [0.2, 0.25) is 0 Å².